The number of amides is 1. The molecule has 0 aliphatic rings. The summed E-state index contributed by atoms with van der Waals surface area (Å²) in [5, 5.41) is 8.89. The van der Waals surface area contributed by atoms with Gasteiger partial charge in [-0.3, -0.25) is 9.59 Å². The van der Waals surface area contributed by atoms with Crippen LogP contribution in [0.15, 0.2) is 66.7 Å². The first-order valence-corrected chi connectivity index (χ1v) is 10.9. The summed E-state index contributed by atoms with van der Waals surface area (Å²) in [6, 6.07) is 19.0. The summed E-state index contributed by atoms with van der Waals surface area (Å²) in [4.78, 5) is 26.1. The van der Waals surface area contributed by atoms with Crippen molar-refractivity contribution < 1.29 is 23.8 Å². The predicted molar refractivity (Wildman–Crippen MR) is 127 cm³/mol. The van der Waals surface area contributed by atoms with Crippen molar-refractivity contribution >= 4 is 17.6 Å². The van der Waals surface area contributed by atoms with E-state index < -0.39 is 5.97 Å². The van der Waals surface area contributed by atoms with E-state index in [0.717, 1.165) is 5.56 Å². The lowest BCUT2D eigenvalue weighted by Crippen LogP contribution is -2.32. The van der Waals surface area contributed by atoms with Crippen LogP contribution in [0, 0.1) is 12.7 Å². The number of carbonyl (C=O) groups excluding carboxylic acids is 1. The molecule has 1 N–H and O–H groups in total. The maximum atomic E-state index is 14.6. The lowest BCUT2D eigenvalue weighted by atomic mass is 10.0. The van der Waals surface area contributed by atoms with Crippen LogP contribution < -0.4 is 9.64 Å². The van der Waals surface area contributed by atoms with E-state index >= 15 is 0 Å². The van der Waals surface area contributed by atoms with Crippen molar-refractivity contribution in [1.29, 1.82) is 0 Å². The number of anilines is 1. The molecule has 0 radical (unpaired) electrons. The van der Waals surface area contributed by atoms with Gasteiger partial charge in [-0.2, -0.15) is 0 Å². The Balaban J connectivity index is 1.98. The summed E-state index contributed by atoms with van der Waals surface area (Å²) >= 11 is 0. The highest BCUT2D eigenvalue weighted by atomic mass is 19.1. The van der Waals surface area contributed by atoms with Crippen LogP contribution in [-0.4, -0.2) is 30.6 Å². The van der Waals surface area contributed by atoms with Gasteiger partial charge in [-0.1, -0.05) is 48.9 Å². The number of carbonyl (C=O) groups is 2. The number of aliphatic carboxylic acids is 1. The molecule has 0 fully saturated rings. The van der Waals surface area contributed by atoms with Gasteiger partial charge >= 0.3 is 5.97 Å². The molecule has 0 saturated heterocycles. The second kappa shape index (κ2) is 11.3. The molecule has 33 heavy (non-hydrogen) atoms. The maximum absolute atomic E-state index is 14.6. The smallest absolute Gasteiger partial charge is 0.303 e. The molecule has 6 heteroatoms. The second-order valence-corrected chi connectivity index (χ2v) is 7.84. The summed E-state index contributed by atoms with van der Waals surface area (Å²) < 4.78 is 20.0. The first-order valence-electron chi connectivity index (χ1n) is 10.9. The minimum absolute atomic E-state index is 0.0922. The number of carboxylic acid groups (broad SMARTS) is 1. The average molecular weight is 450 g/mol. The van der Waals surface area contributed by atoms with Crippen LogP contribution in [0.5, 0.6) is 5.75 Å². The molecule has 0 heterocycles. The number of hydrogen-bond donors (Lipinski definition) is 1. The van der Waals surface area contributed by atoms with Crippen molar-refractivity contribution in [2.45, 2.75) is 32.6 Å². The molecule has 5 nitrogen and oxygen atoms in total. The second-order valence-electron chi connectivity index (χ2n) is 7.84. The Morgan fingerprint density at radius 3 is 2.33 bits per heavy atom. The van der Waals surface area contributed by atoms with Crippen molar-refractivity contribution in [3.05, 3.63) is 83.7 Å². The van der Waals surface area contributed by atoms with Gasteiger partial charge < -0.3 is 14.7 Å². The van der Waals surface area contributed by atoms with E-state index in [4.69, 9.17) is 9.84 Å². The van der Waals surface area contributed by atoms with Crippen LogP contribution in [0.25, 0.3) is 11.1 Å². The highest BCUT2D eigenvalue weighted by molar-refractivity contribution is 6.08. The minimum atomic E-state index is -0.834. The third-order valence-electron chi connectivity index (χ3n) is 5.53. The molecule has 3 aromatic rings. The lowest BCUT2D eigenvalue weighted by Gasteiger charge is -2.26. The van der Waals surface area contributed by atoms with E-state index in [1.54, 1.807) is 48.4 Å². The summed E-state index contributed by atoms with van der Waals surface area (Å²) in [5.41, 5.74) is 3.02. The number of benzene rings is 3. The van der Waals surface area contributed by atoms with Gasteiger partial charge in [0, 0.05) is 29.7 Å². The Hall–Kier alpha value is -3.67. The first kappa shape index (κ1) is 24.0. The van der Waals surface area contributed by atoms with Gasteiger partial charge in [-0.05, 0) is 49.6 Å². The van der Waals surface area contributed by atoms with E-state index in [0.29, 0.717) is 53.9 Å². The zero-order chi connectivity index (χ0) is 23.8. The maximum Gasteiger partial charge on any atom is 0.303 e. The highest BCUT2D eigenvalue weighted by Crippen LogP contribution is 2.34. The molecular weight excluding hydrogens is 421 g/mol. The van der Waals surface area contributed by atoms with Crippen molar-refractivity contribution in [3.63, 3.8) is 0 Å². The number of nitrogens with zero attached hydrogens (tertiary/aromatic N) is 1. The van der Waals surface area contributed by atoms with Gasteiger partial charge in [-0.15, -0.1) is 0 Å². The Bertz CT molecular complexity index is 1130. The van der Waals surface area contributed by atoms with Crippen LogP contribution in [0.4, 0.5) is 10.1 Å². The SMILES string of the molecule is COc1cc(C(=O)N(CCCCCC(=O)O)c2ccccc2-c2ccccc2F)ccc1C. The highest BCUT2D eigenvalue weighted by Gasteiger charge is 2.22. The number of para-hydroxylation sites is 1. The number of hydrogen-bond acceptors (Lipinski definition) is 3. The number of halogens is 1. The van der Waals surface area contributed by atoms with Crippen molar-refractivity contribution in [2.75, 3.05) is 18.6 Å². The zero-order valence-corrected chi connectivity index (χ0v) is 18.9. The van der Waals surface area contributed by atoms with E-state index in [1.807, 2.05) is 31.2 Å². The topological polar surface area (TPSA) is 66.8 Å². The Morgan fingerprint density at radius 2 is 1.64 bits per heavy atom. The van der Waals surface area contributed by atoms with Gasteiger partial charge in [0.15, 0.2) is 0 Å². The molecule has 0 spiro atoms. The van der Waals surface area contributed by atoms with E-state index in [2.05, 4.69) is 0 Å². The quantitative estimate of drug-likeness (QED) is 0.380. The van der Waals surface area contributed by atoms with Crippen LogP contribution in [0.3, 0.4) is 0 Å². The van der Waals surface area contributed by atoms with Gasteiger partial charge in [0.1, 0.15) is 11.6 Å². The Kier molecular flexibility index (Phi) is 8.19. The lowest BCUT2D eigenvalue weighted by molar-refractivity contribution is -0.137. The third-order valence-corrected chi connectivity index (χ3v) is 5.53. The van der Waals surface area contributed by atoms with E-state index in [9.17, 15) is 14.0 Å². The molecule has 1 amide bonds. The number of rotatable bonds is 10. The number of unbranched alkanes of at least 4 members (excludes halogenated alkanes) is 2. The van der Waals surface area contributed by atoms with Crippen molar-refractivity contribution in [2.24, 2.45) is 0 Å². The van der Waals surface area contributed by atoms with E-state index in [1.165, 1.54) is 6.07 Å². The average Bonchev–Trinajstić information content (AvgIpc) is 2.81. The standard InChI is InChI=1S/C27H28FNO4/c1-19-15-16-20(18-25(19)33-2)27(32)29(17-9-3-4-14-26(30)31)24-13-8-6-11-22(24)21-10-5-7-12-23(21)28/h5-8,10-13,15-16,18H,3-4,9,14,17H2,1-2H3,(H,30,31). The van der Waals surface area contributed by atoms with Crippen LogP contribution in [0.2, 0.25) is 0 Å². The fraction of sp³-hybridized carbons (Fsp3) is 0.259. The number of aryl methyl sites for hydroxylation is 1. The predicted octanol–water partition coefficient (Wildman–Crippen LogP) is 6.10. The van der Waals surface area contributed by atoms with Gasteiger partial charge in [0.05, 0.1) is 12.8 Å². The van der Waals surface area contributed by atoms with Crippen LogP contribution in [0.1, 0.15) is 41.6 Å². The van der Waals surface area contributed by atoms with Crippen LogP contribution in [-0.2, 0) is 4.79 Å². The number of ether oxygens (including phenoxy) is 1. The monoisotopic (exact) mass is 449 g/mol. The normalized spacial score (nSPS) is 10.6. The summed E-state index contributed by atoms with van der Waals surface area (Å²) in [6.07, 6.45) is 1.91. The summed E-state index contributed by atoms with van der Waals surface area (Å²) in [6.45, 7) is 2.28. The minimum Gasteiger partial charge on any atom is -0.496 e. The summed E-state index contributed by atoms with van der Waals surface area (Å²) in [5.74, 6) is -0.810. The molecule has 3 aromatic carbocycles. The Labute approximate surface area is 193 Å². The molecular formula is C27H28FNO4. The largest absolute Gasteiger partial charge is 0.496 e. The van der Waals surface area contributed by atoms with Crippen molar-refractivity contribution in [1.82, 2.24) is 0 Å². The molecule has 3 rings (SSSR count). The molecule has 0 aromatic heterocycles. The fourth-order valence-corrected chi connectivity index (χ4v) is 3.78. The molecule has 0 aliphatic carbocycles. The van der Waals surface area contributed by atoms with Crippen LogP contribution >= 0.6 is 0 Å². The fourth-order valence-electron chi connectivity index (χ4n) is 3.78. The third kappa shape index (κ3) is 5.98. The molecule has 0 aliphatic heterocycles. The van der Waals surface area contributed by atoms with E-state index in [-0.39, 0.29) is 18.1 Å². The number of carboxylic acids is 1. The van der Waals surface area contributed by atoms with Gasteiger partial charge in [0.2, 0.25) is 0 Å². The van der Waals surface area contributed by atoms with Crippen molar-refractivity contribution in [3.8, 4) is 16.9 Å². The first-order chi connectivity index (χ1) is 15.9. The Morgan fingerprint density at radius 1 is 0.939 bits per heavy atom. The molecule has 172 valence electrons. The molecule has 0 saturated carbocycles. The molecule has 0 atom stereocenters. The number of methoxy groups -OCH3 is 1. The molecule has 0 unspecified atom stereocenters. The molecule has 0 bridgehead atoms. The van der Waals surface area contributed by atoms with Gasteiger partial charge in [0.25, 0.3) is 5.91 Å². The summed E-state index contributed by atoms with van der Waals surface area (Å²) in [7, 11) is 1.56. The zero-order valence-electron chi connectivity index (χ0n) is 18.9. The van der Waals surface area contributed by atoms with Gasteiger partial charge in [-0.25, -0.2) is 4.39 Å².